The van der Waals surface area contributed by atoms with Crippen molar-refractivity contribution in [1.82, 2.24) is 0 Å². The summed E-state index contributed by atoms with van der Waals surface area (Å²) in [6.45, 7) is 1.01. The van der Waals surface area contributed by atoms with Crippen LogP contribution < -0.4 is 14.4 Å². The van der Waals surface area contributed by atoms with Crippen LogP contribution in [0.25, 0.3) is 0 Å². The molecule has 11 heteroatoms. The molecule has 0 spiro atoms. The number of rotatable bonds is 7. The van der Waals surface area contributed by atoms with E-state index >= 15 is 0 Å². The van der Waals surface area contributed by atoms with Crippen LogP contribution in [0.5, 0.6) is 5.75 Å². The maximum absolute atomic E-state index is 12.5. The molecule has 2 rings (SSSR count). The summed E-state index contributed by atoms with van der Waals surface area (Å²) in [6.07, 6.45) is 0.915. The van der Waals surface area contributed by atoms with Crippen LogP contribution >= 0.6 is 11.6 Å². The van der Waals surface area contributed by atoms with Gasteiger partial charge in [-0.2, -0.15) is 0 Å². The molecule has 150 valence electrons. The predicted molar refractivity (Wildman–Crippen MR) is 107 cm³/mol. The van der Waals surface area contributed by atoms with Crippen molar-refractivity contribution in [3.8, 4) is 5.75 Å². The van der Waals surface area contributed by atoms with Crippen molar-refractivity contribution in [2.45, 2.75) is 6.92 Å². The third-order valence-electron chi connectivity index (χ3n) is 3.80. The first-order chi connectivity index (χ1) is 13.0. The molecule has 0 bridgehead atoms. The molecule has 0 heterocycles. The van der Waals surface area contributed by atoms with Gasteiger partial charge in [0.2, 0.25) is 15.9 Å². The van der Waals surface area contributed by atoms with Crippen LogP contribution in [-0.4, -0.2) is 39.2 Å². The Hall–Kier alpha value is -2.85. The Morgan fingerprint density at radius 2 is 1.96 bits per heavy atom. The normalized spacial score (nSPS) is 11.0. The van der Waals surface area contributed by atoms with Crippen LogP contribution in [0.2, 0.25) is 5.02 Å². The van der Waals surface area contributed by atoms with E-state index in [1.54, 1.807) is 19.1 Å². The monoisotopic (exact) mass is 427 g/mol. The van der Waals surface area contributed by atoms with Crippen molar-refractivity contribution in [1.29, 1.82) is 0 Å². The van der Waals surface area contributed by atoms with Gasteiger partial charge in [0.15, 0.2) is 0 Å². The molecule has 0 aliphatic carbocycles. The Kier molecular flexibility index (Phi) is 6.47. The first kappa shape index (κ1) is 21.5. The van der Waals surface area contributed by atoms with Crippen LogP contribution in [0.15, 0.2) is 36.4 Å². The molecular weight excluding hydrogens is 410 g/mol. The van der Waals surface area contributed by atoms with Gasteiger partial charge in [0.1, 0.15) is 12.3 Å². The minimum Gasteiger partial charge on any atom is -0.495 e. The van der Waals surface area contributed by atoms with Gasteiger partial charge in [0.05, 0.1) is 29.7 Å². The van der Waals surface area contributed by atoms with Gasteiger partial charge in [-0.15, -0.1) is 0 Å². The van der Waals surface area contributed by atoms with Crippen LogP contribution in [0.1, 0.15) is 5.56 Å². The van der Waals surface area contributed by atoms with Gasteiger partial charge in [-0.1, -0.05) is 17.7 Å². The quantitative estimate of drug-likeness (QED) is 0.536. The number of nitrogens with zero attached hydrogens (tertiary/aromatic N) is 2. The lowest BCUT2D eigenvalue weighted by Crippen LogP contribution is -2.38. The number of nitrogens with one attached hydrogen (secondary N) is 1. The third kappa shape index (κ3) is 5.11. The number of halogens is 1. The highest BCUT2D eigenvalue weighted by Crippen LogP contribution is 2.29. The summed E-state index contributed by atoms with van der Waals surface area (Å²) >= 11 is 5.92. The summed E-state index contributed by atoms with van der Waals surface area (Å²) < 4.78 is 30.5. The van der Waals surface area contributed by atoms with Gasteiger partial charge in [-0.05, 0) is 30.7 Å². The van der Waals surface area contributed by atoms with Crippen LogP contribution in [0.3, 0.4) is 0 Å². The number of sulfonamides is 1. The topological polar surface area (TPSA) is 119 Å². The highest BCUT2D eigenvalue weighted by Gasteiger charge is 2.25. The molecule has 0 aliphatic heterocycles. The Morgan fingerprint density at radius 3 is 2.54 bits per heavy atom. The molecule has 2 aromatic carbocycles. The summed E-state index contributed by atoms with van der Waals surface area (Å²) in [5.41, 5.74) is 0.490. The zero-order valence-corrected chi connectivity index (χ0v) is 16.9. The van der Waals surface area contributed by atoms with Crippen LogP contribution in [0.4, 0.5) is 17.1 Å². The molecule has 1 amide bonds. The number of methoxy groups -OCH3 is 1. The summed E-state index contributed by atoms with van der Waals surface area (Å²) in [4.78, 5) is 22.9. The number of carbonyl (C=O) groups is 1. The van der Waals surface area contributed by atoms with E-state index in [1.165, 1.54) is 25.3 Å². The average Bonchev–Trinajstić information content (AvgIpc) is 2.59. The van der Waals surface area contributed by atoms with E-state index < -0.39 is 27.4 Å². The molecule has 28 heavy (non-hydrogen) atoms. The number of nitro benzene ring substituents is 1. The fraction of sp³-hybridized carbons (Fsp3) is 0.235. The van der Waals surface area contributed by atoms with Crippen molar-refractivity contribution >= 4 is 44.6 Å². The predicted octanol–water partition coefficient (Wildman–Crippen LogP) is 2.97. The molecule has 0 aromatic heterocycles. The summed E-state index contributed by atoms with van der Waals surface area (Å²) in [5, 5.41) is 13.9. The lowest BCUT2D eigenvalue weighted by molar-refractivity contribution is -0.384. The number of aryl methyl sites for hydroxylation is 1. The molecule has 0 saturated carbocycles. The number of carbonyl (C=O) groups excluding carboxylic acids is 1. The standard InChI is InChI=1S/C17H18ClN3O6S/c1-11-4-6-13(21(23)24)9-15(11)20(28(3,25)26)10-17(22)19-14-8-12(18)5-7-16(14)27-2/h4-9H,10H2,1-3H3,(H,19,22). The molecule has 0 fully saturated rings. The van der Waals surface area contributed by atoms with E-state index in [1.807, 2.05) is 0 Å². The number of anilines is 2. The second-order valence-electron chi connectivity index (χ2n) is 5.89. The zero-order chi connectivity index (χ0) is 21.1. The average molecular weight is 428 g/mol. The molecule has 9 nitrogen and oxygen atoms in total. The minimum atomic E-state index is -3.90. The van der Waals surface area contributed by atoms with Crippen LogP contribution in [-0.2, 0) is 14.8 Å². The Balaban J connectivity index is 2.37. The number of nitro groups is 1. The summed E-state index contributed by atoms with van der Waals surface area (Å²) in [7, 11) is -2.49. The minimum absolute atomic E-state index is 0.0462. The highest BCUT2D eigenvalue weighted by atomic mass is 35.5. The van der Waals surface area contributed by atoms with E-state index in [0.717, 1.165) is 16.6 Å². The van der Waals surface area contributed by atoms with Gasteiger partial charge >= 0.3 is 0 Å². The lowest BCUT2D eigenvalue weighted by atomic mass is 10.2. The van der Waals surface area contributed by atoms with Gasteiger partial charge in [-0.3, -0.25) is 19.2 Å². The molecule has 0 aliphatic rings. The Labute approximate surface area is 167 Å². The fourth-order valence-corrected chi connectivity index (χ4v) is 3.54. The first-order valence-electron chi connectivity index (χ1n) is 7.89. The van der Waals surface area contributed by atoms with Gasteiger partial charge in [0, 0.05) is 17.2 Å². The summed E-state index contributed by atoms with van der Waals surface area (Å²) in [6, 6.07) is 8.38. The second-order valence-corrected chi connectivity index (χ2v) is 8.23. The smallest absolute Gasteiger partial charge is 0.271 e. The van der Waals surface area contributed by atoms with E-state index in [9.17, 15) is 23.3 Å². The lowest BCUT2D eigenvalue weighted by Gasteiger charge is -2.23. The summed E-state index contributed by atoms with van der Waals surface area (Å²) in [5.74, 6) is -0.327. The Morgan fingerprint density at radius 1 is 1.29 bits per heavy atom. The number of ether oxygens (including phenoxy) is 1. The van der Waals surface area contributed by atoms with E-state index in [2.05, 4.69) is 5.32 Å². The van der Waals surface area contributed by atoms with Gasteiger partial charge in [0.25, 0.3) is 5.69 Å². The van der Waals surface area contributed by atoms with Crippen molar-refractivity contribution in [3.63, 3.8) is 0 Å². The number of benzene rings is 2. The highest BCUT2D eigenvalue weighted by molar-refractivity contribution is 7.92. The molecule has 0 saturated heterocycles. The van der Waals surface area contributed by atoms with E-state index in [4.69, 9.17) is 16.3 Å². The molecule has 2 aromatic rings. The maximum Gasteiger partial charge on any atom is 0.271 e. The Bertz CT molecular complexity index is 1030. The number of amides is 1. The third-order valence-corrected chi connectivity index (χ3v) is 5.16. The molecule has 0 atom stereocenters. The van der Waals surface area contributed by atoms with Crippen molar-refractivity contribution in [3.05, 3.63) is 57.1 Å². The second kappa shape index (κ2) is 8.44. The van der Waals surface area contributed by atoms with Crippen LogP contribution in [0, 0.1) is 17.0 Å². The molecule has 1 N–H and O–H groups in total. The maximum atomic E-state index is 12.5. The largest absolute Gasteiger partial charge is 0.495 e. The SMILES string of the molecule is COc1ccc(Cl)cc1NC(=O)CN(c1cc([N+](=O)[O-])ccc1C)S(C)(=O)=O. The first-order valence-corrected chi connectivity index (χ1v) is 10.1. The van der Waals surface area contributed by atoms with Crippen molar-refractivity contribution < 1.29 is 22.9 Å². The van der Waals surface area contributed by atoms with Crippen molar-refractivity contribution in [2.75, 3.05) is 29.5 Å². The van der Waals surface area contributed by atoms with Gasteiger partial charge < -0.3 is 10.1 Å². The fourth-order valence-electron chi connectivity index (χ4n) is 2.46. The van der Waals surface area contributed by atoms with Crippen molar-refractivity contribution in [2.24, 2.45) is 0 Å². The number of hydrogen-bond acceptors (Lipinski definition) is 6. The molecular formula is C17H18ClN3O6S. The zero-order valence-electron chi connectivity index (χ0n) is 15.3. The number of non-ortho nitro benzene ring substituents is 1. The molecule has 0 unspecified atom stereocenters. The molecule has 0 radical (unpaired) electrons. The number of hydrogen-bond donors (Lipinski definition) is 1. The van der Waals surface area contributed by atoms with E-state index in [-0.39, 0.29) is 17.1 Å². The van der Waals surface area contributed by atoms with E-state index in [0.29, 0.717) is 16.3 Å². The van der Waals surface area contributed by atoms with Gasteiger partial charge in [-0.25, -0.2) is 8.42 Å².